The summed E-state index contributed by atoms with van der Waals surface area (Å²) in [6.07, 6.45) is 10.8. The third-order valence-electron chi connectivity index (χ3n) is 5.59. The van der Waals surface area contributed by atoms with Crippen molar-refractivity contribution >= 4 is 29.6 Å². The lowest BCUT2D eigenvalue weighted by molar-refractivity contribution is 0.0493. The standard InChI is InChI=1S/C28H34O4S/c1-3-5-7-9-18-31-22-16-14-21(15-17-22)20-25-26(29)23-12-11-13-24(27(23)33-25)28(30)32-19-10-8-6-4-2/h11-17,20H,3-10,18-19H2,1-2H3/b25-20-. The second-order valence-corrected chi connectivity index (χ2v) is 9.35. The number of rotatable bonds is 13. The number of carbonyl (C=O) groups is 2. The van der Waals surface area contributed by atoms with Crippen LogP contribution in [0.5, 0.6) is 5.75 Å². The number of carbonyl (C=O) groups excluding carboxylic acids is 2. The fraction of sp³-hybridized carbons (Fsp3) is 0.429. The Morgan fingerprint density at radius 2 is 1.58 bits per heavy atom. The van der Waals surface area contributed by atoms with Crippen molar-refractivity contribution in [3.05, 3.63) is 64.1 Å². The van der Waals surface area contributed by atoms with Crippen LogP contribution in [0.25, 0.3) is 6.08 Å². The molecule has 2 aromatic carbocycles. The number of unbranched alkanes of at least 4 members (excludes halogenated alkanes) is 6. The quantitative estimate of drug-likeness (QED) is 0.172. The third-order valence-corrected chi connectivity index (χ3v) is 6.76. The van der Waals surface area contributed by atoms with Gasteiger partial charge >= 0.3 is 5.97 Å². The van der Waals surface area contributed by atoms with Crippen LogP contribution in [0, 0.1) is 0 Å². The van der Waals surface area contributed by atoms with Gasteiger partial charge in [-0.05, 0) is 48.7 Å². The zero-order valence-corrected chi connectivity index (χ0v) is 20.5. The second-order valence-electron chi connectivity index (χ2n) is 8.30. The Morgan fingerprint density at radius 3 is 2.27 bits per heavy atom. The van der Waals surface area contributed by atoms with Gasteiger partial charge in [0.25, 0.3) is 0 Å². The molecule has 4 nitrogen and oxygen atoms in total. The highest BCUT2D eigenvalue weighted by Gasteiger charge is 2.30. The average molecular weight is 467 g/mol. The average Bonchev–Trinajstić information content (AvgIpc) is 3.15. The van der Waals surface area contributed by atoms with E-state index in [2.05, 4.69) is 13.8 Å². The number of ketones is 1. The Hall–Kier alpha value is -2.53. The van der Waals surface area contributed by atoms with Gasteiger partial charge < -0.3 is 9.47 Å². The first-order valence-electron chi connectivity index (χ1n) is 12.1. The van der Waals surface area contributed by atoms with Crippen LogP contribution < -0.4 is 4.74 Å². The molecule has 3 rings (SSSR count). The molecule has 0 radical (unpaired) electrons. The molecule has 0 bridgehead atoms. The van der Waals surface area contributed by atoms with E-state index < -0.39 is 0 Å². The van der Waals surface area contributed by atoms with E-state index in [-0.39, 0.29) is 11.8 Å². The highest BCUT2D eigenvalue weighted by molar-refractivity contribution is 8.05. The minimum absolute atomic E-state index is 0.0520. The summed E-state index contributed by atoms with van der Waals surface area (Å²) in [5.74, 6) is 0.431. The van der Waals surface area contributed by atoms with E-state index in [0.29, 0.717) is 27.5 Å². The molecule has 0 amide bonds. The fourth-order valence-corrected chi connectivity index (χ4v) is 4.82. The zero-order valence-electron chi connectivity index (χ0n) is 19.7. The summed E-state index contributed by atoms with van der Waals surface area (Å²) in [5, 5.41) is 0. The highest BCUT2D eigenvalue weighted by Crippen LogP contribution is 2.43. The van der Waals surface area contributed by atoms with Crippen LogP contribution in [0.3, 0.4) is 0 Å². The number of thioether (sulfide) groups is 1. The van der Waals surface area contributed by atoms with Gasteiger partial charge in [-0.3, -0.25) is 4.79 Å². The second kappa shape index (κ2) is 13.2. The summed E-state index contributed by atoms with van der Waals surface area (Å²) in [5.41, 5.74) is 1.97. The van der Waals surface area contributed by atoms with E-state index in [0.717, 1.165) is 50.0 Å². The van der Waals surface area contributed by atoms with Gasteiger partial charge in [-0.15, -0.1) is 0 Å². The number of hydrogen-bond acceptors (Lipinski definition) is 5. The predicted molar refractivity (Wildman–Crippen MR) is 135 cm³/mol. The summed E-state index contributed by atoms with van der Waals surface area (Å²) in [6, 6.07) is 13.0. The zero-order chi connectivity index (χ0) is 23.5. The summed E-state index contributed by atoms with van der Waals surface area (Å²) in [6.45, 7) is 5.48. The molecule has 0 saturated heterocycles. The summed E-state index contributed by atoms with van der Waals surface area (Å²) >= 11 is 1.35. The SMILES string of the molecule is CCCCCCOC(=O)c1cccc2c1S/C(=C\c1ccc(OCCCCCC)cc1)C2=O. The van der Waals surface area contributed by atoms with Gasteiger partial charge in [0.15, 0.2) is 0 Å². The van der Waals surface area contributed by atoms with Crippen LogP contribution in [0.4, 0.5) is 0 Å². The Labute approximate surface area is 201 Å². The number of benzene rings is 2. The molecule has 0 N–H and O–H groups in total. The first-order valence-corrected chi connectivity index (χ1v) is 12.9. The molecule has 5 heteroatoms. The molecule has 0 spiro atoms. The fourth-order valence-electron chi connectivity index (χ4n) is 3.67. The maximum Gasteiger partial charge on any atom is 0.339 e. The topological polar surface area (TPSA) is 52.6 Å². The molecule has 1 aliphatic heterocycles. The molecule has 33 heavy (non-hydrogen) atoms. The van der Waals surface area contributed by atoms with Crippen LogP contribution in [-0.4, -0.2) is 25.0 Å². The molecule has 176 valence electrons. The lowest BCUT2D eigenvalue weighted by atomic mass is 10.1. The third kappa shape index (κ3) is 7.23. The van der Waals surface area contributed by atoms with Crippen LogP contribution >= 0.6 is 11.8 Å². The van der Waals surface area contributed by atoms with Crippen molar-refractivity contribution in [3.8, 4) is 5.75 Å². The molecule has 0 unspecified atom stereocenters. The number of Topliss-reactive ketones (excluding diaryl/α,β-unsaturated/α-hetero) is 1. The molecule has 0 aliphatic carbocycles. The van der Waals surface area contributed by atoms with Crippen molar-refractivity contribution in [2.75, 3.05) is 13.2 Å². The Balaban J connectivity index is 1.61. The van der Waals surface area contributed by atoms with E-state index in [1.807, 2.05) is 30.3 Å². The molecule has 1 heterocycles. The minimum atomic E-state index is -0.356. The van der Waals surface area contributed by atoms with E-state index in [9.17, 15) is 9.59 Å². The van der Waals surface area contributed by atoms with Crippen molar-refractivity contribution in [3.63, 3.8) is 0 Å². The summed E-state index contributed by atoms with van der Waals surface area (Å²) < 4.78 is 11.3. The number of esters is 1. The number of fused-ring (bicyclic) bond motifs is 1. The number of hydrogen-bond donors (Lipinski definition) is 0. The highest BCUT2D eigenvalue weighted by atomic mass is 32.2. The van der Waals surface area contributed by atoms with Crippen molar-refractivity contribution in [1.29, 1.82) is 0 Å². The molecule has 1 aliphatic rings. The van der Waals surface area contributed by atoms with Gasteiger partial charge in [-0.25, -0.2) is 4.79 Å². The Bertz CT molecular complexity index is 962. The van der Waals surface area contributed by atoms with Crippen LogP contribution in [0.2, 0.25) is 0 Å². The molecule has 0 atom stereocenters. The van der Waals surface area contributed by atoms with Gasteiger partial charge in [0.2, 0.25) is 5.78 Å². The maximum atomic E-state index is 12.9. The van der Waals surface area contributed by atoms with Gasteiger partial charge in [-0.2, -0.15) is 0 Å². The van der Waals surface area contributed by atoms with Crippen molar-refractivity contribution in [1.82, 2.24) is 0 Å². The smallest absolute Gasteiger partial charge is 0.339 e. The van der Waals surface area contributed by atoms with Crippen LogP contribution in [0.1, 0.15) is 91.5 Å². The Kier molecular flexibility index (Phi) is 10.1. The predicted octanol–water partition coefficient (Wildman–Crippen LogP) is 7.71. The molecule has 2 aromatic rings. The van der Waals surface area contributed by atoms with E-state index >= 15 is 0 Å². The van der Waals surface area contributed by atoms with Crippen molar-refractivity contribution in [2.24, 2.45) is 0 Å². The lowest BCUT2D eigenvalue weighted by Gasteiger charge is -2.07. The minimum Gasteiger partial charge on any atom is -0.494 e. The monoisotopic (exact) mass is 466 g/mol. The van der Waals surface area contributed by atoms with E-state index in [1.165, 1.54) is 31.0 Å². The number of ether oxygens (including phenoxy) is 2. The van der Waals surface area contributed by atoms with Gasteiger partial charge in [0.1, 0.15) is 5.75 Å². The van der Waals surface area contributed by atoms with Gasteiger partial charge in [-0.1, -0.05) is 82.3 Å². The Morgan fingerprint density at radius 1 is 0.879 bits per heavy atom. The molecule has 0 fully saturated rings. The van der Waals surface area contributed by atoms with E-state index in [4.69, 9.17) is 9.47 Å². The summed E-state index contributed by atoms with van der Waals surface area (Å²) in [4.78, 5) is 26.9. The first kappa shape index (κ1) is 25.1. The molecular formula is C28H34O4S. The van der Waals surface area contributed by atoms with E-state index in [1.54, 1.807) is 18.2 Å². The van der Waals surface area contributed by atoms with Crippen LogP contribution in [-0.2, 0) is 4.74 Å². The van der Waals surface area contributed by atoms with Gasteiger partial charge in [0.05, 0.1) is 23.7 Å². The summed E-state index contributed by atoms with van der Waals surface area (Å²) in [7, 11) is 0. The first-order chi connectivity index (χ1) is 16.1. The van der Waals surface area contributed by atoms with Crippen LogP contribution in [0.15, 0.2) is 52.3 Å². The van der Waals surface area contributed by atoms with Crippen molar-refractivity contribution in [2.45, 2.75) is 70.1 Å². The van der Waals surface area contributed by atoms with Crippen molar-refractivity contribution < 1.29 is 19.1 Å². The maximum absolute atomic E-state index is 12.9. The van der Waals surface area contributed by atoms with Gasteiger partial charge in [0, 0.05) is 10.5 Å². The largest absolute Gasteiger partial charge is 0.494 e. The normalized spacial score (nSPS) is 13.9. The molecule has 0 aromatic heterocycles. The molecule has 0 saturated carbocycles. The lowest BCUT2D eigenvalue weighted by Crippen LogP contribution is -2.08. The number of allylic oxidation sites excluding steroid dienone is 1. The molecular weight excluding hydrogens is 432 g/mol.